The number of carbonyl (C=O) groups is 1. The molecule has 0 aromatic carbocycles. The first-order valence-electron chi connectivity index (χ1n) is 6.67. The first kappa shape index (κ1) is 11.9. The van der Waals surface area contributed by atoms with Crippen molar-refractivity contribution in [2.45, 2.75) is 57.5 Å². The Bertz CT molecular complexity index is 241. The second-order valence-electron chi connectivity index (χ2n) is 5.16. The predicted molar refractivity (Wildman–Crippen MR) is 63.3 cm³/mol. The molecule has 0 radical (unpaired) electrons. The summed E-state index contributed by atoms with van der Waals surface area (Å²) < 4.78 is 5.97. The Labute approximate surface area is 98.1 Å². The van der Waals surface area contributed by atoms with Gasteiger partial charge in [-0.05, 0) is 19.3 Å². The predicted octanol–water partition coefficient (Wildman–Crippen LogP) is 2.35. The van der Waals surface area contributed by atoms with Crippen LogP contribution in [0.3, 0.4) is 0 Å². The quantitative estimate of drug-likeness (QED) is 0.722. The lowest BCUT2D eigenvalue weighted by molar-refractivity contribution is -0.156. The fourth-order valence-electron chi connectivity index (χ4n) is 2.93. The summed E-state index contributed by atoms with van der Waals surface area (Å²) in [6, 6.07) is 0. The van der Waals surface area contributed by atoms with E-state index < -0.39 is 0 Å². The highest BCUT2D eigenvalue weighted by atomic mass is 16.5. The molecule has 1 saturated carbocycles. The lowest BCUT2D eigenvalue weighted by Crippen LogP contribution is -2.54. The van der Waals surface area contributed by atoms with E-state index in [2.05, 4.69) is 6.92 Å². The van der Waals surface area contributed by atoms with E-state index in [9.17, 15) is 4.79 Å². The van der Waals surface area contributed by atoms with Crippen molar-refractivity contribution in [2.24, 2.45) is 0 Å². The summed E-state index contributed by atoms with van der Waals surface area (Å²) in [7, 11) is 0. The molecule has 0 bridgehead atoms. The molecule has 2 fully saturated rings. The van der Waals surface area contributed by atoms with Gasteiger partial charge in [0.05, 0.1) is 12.2 Å². The molecule has 1 amide bonds. The zero-order valence-corrected chi connectivity index (χ0v) is 10.3. The molecular formula is C13H23NO2. The summed E-state index contributed by atoms with van der Waals surface area (Å²) in [6.45, 7) is 4.43. The molecule has 0 atom stereocenters. The number of ether oxygens (including phenoxy) is 1. The maximum atomic E-state index is 11.9. The van der Waals surface area contributed by atoms with Crippen molar-refractivity contribution in [1.82, 2.24) is 4.90 Å². The van der Waals surface area contributed by atoms with Crippen molar-refractivity contribution in [2.75, 3.05) is 19.7 Å². The number of nitrogens with zero attached hydrogens (tertiary/aromatic N) is 1. The topological polar surface area (TPSA) is 29.5 Å². The Kier molecular flexibility index (Phi) is 3.85. The molecule has 3 nitrogen and oxygen atoms in total. The number of amides is 1. The minimum atomic E-state index is 0.0138. The molecule has 0 aromatic rings. The first-order chi connectivity index (χ1) is 7.76. The maximum Gasteiger partial charge on any atom is 0.222 e. The molecule has 92 valence electrons. The molecule has 2 rings (SSSR count). The summed E-state index contributed by atoms with van der Waals surface area (Å²) in [5.41, 5.74) is 0.0138. The standard InChI is InChI=1S/C13H23NO2/c1-2-6-12(15)14-9-10-16-13(11-14)7-4-3-5-8-13/h2-11H2,1H3. The van der Waals surface area contributed by atoms with Gasteiger partial charge in [0.15, 0.2) is 0 Å². The minimum absolute atomic E-state index is 0.0138. The summed E-state index contributed by atoms with van der Waals surface area (Å²) in [5, 5.41) is 0. The Morgan fingerprint density at radius 2 is 2.06 bits per heavy atom. The highest BCUT2D eigenvalue weighted by molar-refractivity contribution is 5.76. The highest BCUT2D eigenvalue weighted by Gasteiger charge is 2.38. The molecule has 0 aromatic heterocycles. The number of carbonyl (C=O) groups excluding carboxylic acids is 1. The van der Waals surface area contributed by atoms with Crippen LogP contribution in [0.4, 0.5) is 0 Å². The second kappa shape index (κ2) is 5.17. The molecule has 1 heterocycles. The van der Waals surface area contributed by atoms with Crippen LogP contribution in [0.5, 0.6) is 0 Å². The normalized spacial score (nSPS) is 24.7. The zero-order valence-electron chi connectivity index (χ0n) is 10.3. The van der Waals surface area contributed by atoms with Crippen LogP contribution < -0.4 is 0 Å². The molecule has 2 aliphatic rings. The van der Waals surface area contributed by atoms with Crippen molar-refractivity contribution < 1.29 is 9.53 Å². The fraction of sp³-hybridized carbons (Fsp3) is 0.923. The molecular weight excluding hydrogens is 202 g/mol. The van der Waals surface area contributed by atoms with Gasteiger partial charge in [-0.3, -0.25) is 4.79 Å². The van der Waals surface area contributed by atoms with E-state index in [1.54, 1.807) is 0 Å². The van der Waals surface area contributed by atoms with Gasteiger partial charge in [-0.25, -0.2) is 0 Å². The minimum Gasteiger partial charge on any atom is -0.371 e. The molecule has 0 unspecified atom stereocenters. The summed E-state index contributed by atoms with van der Waals surface area (Å²) in [5.74, 6) is 0.316. The molecule has 1 aliphatic carbocycles. The maximum absolute atomic E-state index is 11.9. The van der Waals surface area contributed by atoms with Gasteiger partial charge in [0.2, 0.25) is 5.91 Å². The van der Waals surface area contributed by atoms with Crippen molar-refractivity contribution in [3.05, 3.63) is 0 Å². The summed E-state index contributed by atoms with van der Waals surface area (Å²) in [4.78, 5) is 13.9. The zero-order chi connectivity index (χ0) is 11.4. The fourth-order valence-corrected chi connectivity index (χ4v) is 2.93. The summed E-state index contributed by atoms with van der Waals surface area (Å²) in [6.07, 6.45) is 7.77. The van der Waals surface area contributed by atoms with Crippen molar-refractivity contribution in [3.63, 3.8) is 0 Å². The smallest absolute Gasteiger partial charge is 0.222 e. The van der Waals surface area contributed by atoms with Gasteiger partial charge in [0.1, 0.15) is 0 Å². The van der Waals surface area contributed by atoms with Gasteiger partial charge < -0.3 is 9.64 Å². The number of rotatable bonds is 2. The molecule has 1 spiro atoms. The van der Waals surface area contributed by atoms with Crippen LogP contribution in [-0.2, 0) is 9.53 Å². The van der Waals surface area contributed by atoms with Crippen molar-refractivity contribution in [1.29, 1.82) is 0 Å². The largest absolute Gasteiger partial charge is 0.371 e. The lowest BCUT2D eigenvalue weighted by Gasteiger charge is -2.45. The highest BCUT2D eigenvalue weighted by Crippen LogP contribution is 2.34. The van der Waals surface area contributed by atoms with E-state index in [1.165, 1.54) is 19.3 Å². The monoisotopic (exact) mass is 225 g/mol. The van der Waals surface area contributed by atoms with Gasteiger partial charge in [-0.15, -0.1) is 0 Å². The van der Waals surface area contributed by atoms with Crippen LogP contribution in [0.2, 0.25) is 0 Å². The van der Waals surface area contributed by atoms with Crippen molar-refractivity contribution in [3.8, 4) is 0 Å². The van der Waals surface area contributed by atoms with E-state index in [1.807, 2.05) is 4.90 Å². The SMILES string of the molecule is CCCC(=O)N1CCOC2(CCCCC2)C1. The first-order valence-corrected chi connectivity index (χ1v) is 6.67. The van der Waals surface area contributed by atoms with Crippen LogP contribution in [0.1, 0.15) is 51.9 Å². The van der Waals surface area contributed by atoms with E-state index in [0.29, 0.717) is 12.3 Å². The lowest BCUT2D eigenvalue weighted by atomic mass is 9.83. The van der Waals surface area contributed by atoms with Crippen molar-refractivity contribution >= 4 is 5.91 Å². The van der Waals surface area contributed by atoms with Crippen LogP contribution in [0.25, 0.3) is 0 Å². The van der Waals surface area contributed by atoms with Gasteiger partial charge in [-0.2, -0.15) is 0 Å². The number of hydrogen-bond acceptors (Lipinski definition) is 2. The summed E-state index contributed by atoms with van der Waals surface area (Å²) >= 11 is 0. The Morgan fingerprint density at radius 1 is 1.31 bits per heavy atom. The van der Waals surface area contributed by atoms with E-state index in [4.69, 9.17) is 4.74 Å². The Hall–Kier alpha value is -0.570. The Morgan fingerprint density at radius 3 is 2.75 bits per heavy atom. The second-order valence-corrected chi connectivity index (χ2v) is 5.16. The number of hydrogen-bond donors (Lipinski definition) is 0. The third-order valence-corrected chi connectivity index (χ3v) is 3.83. The average molecular weight is 225 g/mol. The van der Waals surface area contributed by atoms with Crippen LogP contribution in [-0.4, -0.2) is 36.1 Å². The molecule has 1 saturated heterocycles. The van der Waals surface area contributed by atoms with Gasteiger partial charge in [0, 0.05) is 19.5 Å². The molecule has 0 N–H and O–H groups in total. The number of morpholine rings is 1. The van der Waals surface area contributed by atoms with Crippen LogP contribution >= 0.6 is 0 Å². The van der Waals surface area contributed by atoms with Crippen LogP contribution in [0, 0.1) is 0 Å². The average Bonchev–Trinajstić information content (AvgIpc) is 2.30. The Balaban J connectivity index is 1.94. The third kappa shape index (κ3) is 2.57. The molecule has 16 heavy (non-hydrogen) atoms. The van der Waals surface area contributed by atoms with E-state index in [-0.39, 0.29) is 5.60 Å². The third-order valence-electron chi connectivity index (χ3n) is 3.83. The molecule has 1 aliphatic heterocycles. The van der Waals surface area contributed by atoms with E-state index >= 15 is 0 Å². The van der Waals surface area contributed by atoms with Gasteiger partial charge in [0.25, 0.3) is 0 Å². The van der Waals surface area contributed by atoms with Gasteiger partial charge >= 0.3 is 0 Å². The molecule has 3 heteroatoms. The van der Waals surface area contributed by atoms with Crippen LogP contribution in [0.15, 0.2) is 0 Å². The van der Waals surface area contributed by atoms with Gasteiger partial charge in [-0.1, -0.05) is 26.2 Å². The van der Waals surface area contributed by atoms with E-state index in [0.717, 1.165) is 39.0 Å².